The largest absolute Gasteiger partial charge is 0.296 e. The number of benzene rings is 1. The fourth-order valence-electron chi connectivity index (χ4n) is 1.30. The van der Waals surface area contributed by atoms with E-state index in [0.717, 1.165) is 21.7 Å². The van der Waals surface area contributed by atoms with Gasteiger partial charge in [-0.15, -0.1) is 11.3 Å². The van der Waals surface area contributed by atoms with Gasteiger partial charge in [0.2, 0.25) is 0 Å². The molecule has 0 spiro atoms. The summed E-state index contributed by atoms with van der Waals surface area (Å²) >= 11 is 13.3. The molecule has 2 nitrogen and oxygen atoms in total. The molecular weight excluding hydrogens is 265 g/mol. The fourth-order valence-corrected chi connectivity index (χ4v) is 2.77. The van der Waals surface area contributed by atoms with E-state index in [9.17, 15) is 4.79 Å². The van der Waals surface area contributed by atoms with Gasteiger partial charge in [0.1, 0.15) is 10.7 Å². The lowest BCUT2D eigenvalue weighted by Gasteiger charge is -1.99. The van der Waals surface area contributed by atoms with Crippen LogP contribution in [-0.4, -0.2) is 11.3 Å². The Morgan fingerprint density at radius 3 is 2.69 bits per heavy atom. The Morgan fingerprint density at radius 1 is 1.38 bits per heavy atom. The summed E-state index contributed by atoms with van der Waals surface area (Å²) in [7, 11) is 0. The van der Waals surface area contributed by atoms with Gasteiger partial charge < -0.3 is 0 Å². The van der Waals surface area contributed by atoms with Crippen LogP contribution in [0.5, 0.6) is 0 Å². The lowest BCUT2D eigenvalue weighted by molar-refractivity contribution is 0.111. The van der Waals surface area contributed by atoms with Crippen LogP contribution in [0.25, 0.3) is 10.6 Å². The topological polar surface area (TPSA) is 30.0 Å². The second-order valence-corrected chi connectivity index (χ2v) is 5.25. The average molecular weight is 272 g/mol. The third-order valence-corrected chi connectivity index (χ3v) is 3.67. The number of aromatic nitrogens is 1. The zero-order valence-electron chi connectivity index (χ0n) is 8.33. The molecule has 0 amide bonds. The summed E-state index contributed by atoms with van der Waals surface area (Å²) in [6.07, 6.45) is 0.749. The van der Waals surface area contributed by atoms with Crippen LogP contribution in [-0.2, 0) is 0 Å². The number of aryl methyl sites for hydroxylation is 1. The van der Waals surface area contributed by atoms with Crippen molar-refractivity contribution in [3.63, 3.8) is 0 Å². The Kier molecular flexibility index (Phi) is 3.28. The third-order valence-electron chi connectivity index (χ3n) is 2.11. The Labute approximate surface area is 107 Å². The van der Waals surface area contributed by atoms with Crippen molar-refractivity contribution in [3.05, 3.63) is 38.8 Å². The number of halogens is 2. The van der Waals surface area contributed by atoms with Crippen molar-refractivity contribution in [1.29, 1.82) is 0 Å². The highest BCUT2D eigenvalue weighted by atomic mass is 35.5. The zero-order chi connectivity index (χ0) is 11.7. The van der Waals surface area contributed by atoms with E-state index in [0.29, 0.717) is 15.7 Å². The molecule has 0 radical (unpaired) electrons. The predicted octanol–water partition coefficient (Wildman–Crippen LogP) is 4.24. The highest BCUT2D eigenvalue weighted by molar-refractivity contribution is 7.15. The molecule has 2 aromatic rings. The van der Waals surface area contributed by atoms with Gasteiger partial charge in [-0.2, -0.15) is 0 Å². The molecule has 0 bridgehead atoms. The van der Waals surface area contributed by atoms with Gasteiger partial charge in [-0.05, 0) is 25.1 Å². The molecule has 0 fully saturated rings. The molecule has 1 aromatic carbocycles. The first-order valence-corrected chi connectivity index (χ1v) is 6.07. The first-order valence-electron chi connectivity index (χ1n) is 4.50. The monoisotopic (exact) mass is 271 g/mol. The number of carbonyl (C=O) groups excluding carboxylic acids is 1. The molecule has 0 saturated heterocycles. The van der Waals surface area contributed by atoms with E-state index in [1.54, 1.807) is 18.2 Å². The third kappa shape index (κ3) is 2.12. The summed E-state index contributed by atoms with van der Waals surface area (Å²) in [5, 5.41) is 1.86. The summed E-state index contributed by atoms with van der Waals surface area (Å²) in [5.74, 6) is 0. The van der Waals surface area contributed by atoms with Crippen molar-refractivity contribution in [2.75, 3.05) is 0 Å². The van der Waals surface area contributed by atoms with E-state index >= 15 is 0 Å². The van der Waals surface area contributed by atoms with Crippen molar-refractivity contribution < 1.29 is 4.79 Å². The summed E-state index contributed by atoms with van der Waals surface area (Å²) in [6.45, 7) is 1.86. The molecule has 0 unspecified atom stereocenters. The Morgan fingerprint density at radius 2 is 2.12 bits per heavy atom. The van der Waals surface area contributed by atoms with Gasteiger partial charge in [-0.25, -0.2) is 4.98 Å². The minimum Gasteiger partial charge on any atom is -0.296 e. The van der Waals surface area contributed by atoms with Crippen molar-refractivity contribution in [3.8, 4) is 10.6 Å². The highest BCUT2D eigenvalue weighted by Gasteiger charge is 2.11. The minimum atomic E-state index is 0.464. The van der Waals surface area contributed by atoms with Crippen LogP contribution in [0.2, 0.25) is 10.0 Å². The number of hydrogen-bond acceptors (Lipinski definition) is 3. The van der Waals surface area contributed by atoms with Crippen molar-refractivity contribution in [2.45, 2.75) is 6.92 Å². The van der Waals surface area contributed by atoms with Crippen LogP contribution in [0.3, 0.4) is 0 Å². The Hall–Kier alpha value is -0.900. The second kappa shape index (κ2) is 4.53. The summed E-state index contributed by atoms with van der Waals surface area (Å²) in [5.41, 5.74) is 1.26. The Balaban J connectivity index is 2.54. The molecule has 1 aromatic heterocycles. The van der Waals surface area contributed by atoms with E-state index in [1.807, 2.05) is 6.92 Å². The Bertz CT molecular complexity index is 551. The van der Waals surface area contributed by atoms with Crippen LogP contribution >= 0.6 is 34.5 Å². The van der Waals surface area contributed by atoms with E-state index in [2.05, 4.69) is 4.98 Å². The minimum absolute atomic E-state index is 0.464. The summed E-state index contributed by atoms with van der Waals surface area (Å²) in [4.78, 5) is 15.8. The number of aldehydes is 1. The van der Waals surface area contributed by atoms with Crippen LogP contribution in [0.4, 0.5) is 0 Å². The number of nitrogens with zero attached hydrogens (tertiary/aromatic N) is 1. The first-order chi connectivity index (χ1) is 7.61. The molecule has 0 atom stereocenters. The number of carbonyl (C=O) groups is 1. The van der Waals surface area contributed by atoms with Gasteiger partial charge in [-0.1, -0.05) is 23.2 Å². The van der Waals surface area contributed by atoms with Crippen LogP contribution in [0, 0.1) is 6.92 Å². The van der Waals surface area contributed by atoms with Gasteiger partial charge in [0.25, 0.3) is 0 Å². The first kappa shape index (κ1) is 11.6. The number of rotatable bonds is 2. The maximum Gasteiger partial charge on any atom is 0.169 e. The van der Waals surface area contributed by atoms with Gasteiger partial charge in [0.05, 0.1) is 5.02 Å². The predicted molar refractivity (Wildman–Crippen MR) is 67.7 cm³/mol. The van der Waals surface area contributed by atoms with Gasteiger partial charge in [-0.3, -0.25) is 4.79 Å². The van der Waals surface area contributed by atoms with Crippen LogP contribution in [0.1, 0.15) is 15.4 Å². The molecule has 5 heteroatoms. The smallest absolute Gasteiger partial charge is 0.169 e. The molecular formula is C11H7Cl2NOS. The number of hydrogen-bond donors (Lipinski definition) is 0. The maximum atomic E-state index is 10.7. The summed E-state index contributed by atoms with van der Waals surface area (Å²) in [6, 6.07) is 5.22. The van der Waals surface area contributed by atoms with Gasteiger partial charge in [0.15, 0.2) is 6.29 Å². The van der Waals surface area contributed by atoms with Crippen molar-refractivity contribution >= 4 is 40.8 Å². The van der Waals surface area contributed by atoms with Gasteiger partial charge >= 0.3 is 0 Å². The lowest BCUT2D eigenvalue weighted by atomic mass is 10.2. The molecule has 0 aliphatic heterocycles. The molecule has 16 heavy (non-hydrogen) atoms. The molecule has 2 rings (SSSR count). The maximum absolute atomic E-state index is 10.7. The standard InChI is InChI=1S/C11H7Cl2NOS/c1-6-10(5-15)14-11(16-6)8-3-2-7(12)4-9(8)13/h2-5H,1H3. The highest BCUT2D eigenvalue weighted by Crippen LogP contribution is 2.33. The van der Waals surface area contributed by atoms with E-state index in [1.165, 1.54) is 11.3 Å². The quantitative estimate of drug-likeness (QED) is 0.765. The fraction of sp³-hybridized carbons (Fsp3) is 0.0909. The van der Waals surface area contributed by atoms with Gasteiger partial charge in [0, 0.05) is 15.5 Å². The number of thiazole rings is 1. The van der Waals surface area contributed by atoms with Crippen molar-refractivity contribution in [2.24, 2.45) is 0 Å². The average Bonchev–Trinajstić information content (AvgIpc) is 2.59. The van der Waals surface area contributed by atoms with E-state index < -0.39 is 0 Å². The lowest BCUT2D eigenvalue weighted by Crippen LogP contribution is -1.83. The molecule has 82 valence electrons. The molecule has 0 saturated carbocycles. The normalized spacial score (nSPS) is 10.4. The van der Waals surface area contributed by atoms with E-state index in [4.69, 9.17) is 23.2 Å². The van der Waals surface area contributed by atoms with E-state index in [-0.39, 0.29) is 0 Å². The van der Waals surface area contributed by atoms with Crippen molar-refractivity contribution in [1.82, 2.24) is 4.98 Å². The van der Waals surface area contributed by atoms with Crippen LogP contribution in [0.15, 0.2) is 18.2 Å². The SMILES string of the molecule is Cc1sc(-c2ccc(Cl)cc2Cl)nc1C=O. The molecule has 1 heterocycles. The zero-order valence-corrected chi connectivity index (χ0v) is 10.7. The summed E-state index contributed by atoms with van der Waals surface area (Å²) < 4.78 is 0. The molecule has 0 aliphatic rings. The molecule has 0 N–H and O–H groups in total. The van der Waals surface area contributed by atoms with Crippen LogP contribution < -0.4 is 0 Å². The second-order valence-electron chi connectivity index (χ2n) is 3.20. The molecule has 0 aliphatic carbocycles.